The SMILES string of the molecule is Nc1cccc(Cl)c1S(=O)(=O)N1CCCC1CO. The summed E-state index contributed by atoms with van der Waals surface area (Å²) in [6.07, 6.45) is 1.38. The van der Waals surface area contributed by atoms with Crippen LogP contribution in [0.25, 0.3) is 0 Å². The topological polar surface area (TPSA) is 83.6 Å². The molecule has 7 heteroatoms. The molecule has 2 rings (SSSR count). The van der Waals surface area contributed by atoms with Crippen LogP contribution < -0.4 is 5.73 Å². The summed E-state index contributed by atoms with van der Waals surface area (Å²) in [6.45, 7) is 0.196. The summed E-state index contributed by atoms with van der Waals surface area (Å²) >= 11 is 5.94. The first-order valence-electron chi connectivity index (χ1n) is 5.65. The number of hydrogen-bond donors (Lipinski definition) is 2. The molecule has 0 amide bonds. The van der Waals surface area contributed by atoms with Gasteiger partial charge >= 0.3 is 0 Å². The highest BCUT2D eigenvalue weighted by Gasteiger charge is 2.36. The molecule has 1 unspecified atom stereocenters. The molecule has 0 bridgehead atoms. The first-order valence-corrected chi connectivity index (χ1v) is 7.47. The van der Waals surface area contributed by atoms with Crippen LogP contribution in [-0.4, -0.2) is 37.0 Å². The molecular formula is C11H15ClN2O3S. The maximum atomic E-state index is 12.5. The van der Waals surface area contributed by atoms with Crippen LogP contribution in [0.3, 0.4) is 0 Å². The van der Waals surface area contributed by atoms with Gasteiger partial charge in [0, 0.05) is 12.6 Å². The third kappa shape index (κ3) is 2.21. The van der Waals surface area contributed by atoms with Crippen LogP contribution in [0.5, 0.6) is 0 Å². The maximum Gasteiger partial charge on any atom is 0.246 e. The van der Waals surface area contributed by atoms with Gasteiger partial charge in [0.15, 0.2) is 0 Å². The second kappa shape index (κ2) is 5.05. The van der Waals surface area contributed by atoms with Gasteiger partial charge in [-0.2, -0.15) is 4.31 Å². The van der Waals surface area contributed by atoms with Crippen molar-refractivity contribution in [2.75, 3.05) is 18.9 Å². The molecule has 100 valence electrons. The molecule has 1 aromatic carbocycles. The number of aliphatic hydroxyl groups is 1. The van der Waals surface area contributed by atoms with Gasteiger partial charge in [-0.3, -0.25) is 0 Å². The lowest BCUT2D eigenvalue weighted by Gasteiger charge is -2.23. The molecule has 0 radical (unpaired) electrons. The van der Waals surface area contributed by atoms with Gasteiger partial charge in [-0.1, -0.05) is 17.7 Å². The molecule has 3 N–H and O–H groups in total. The lowest BCUT2D eigenvalue weighted by molar-refractivity contribution is 0.213. The summed E-state index contributed by atoms with van der Waals surface area (Å²) in [7, 11) is -3.74. The molecule has 0 aliphatic carbocycles. The van der Waals surface area contributed by atoms with Crippen LogP contribution in [0.1, 0.15) is 12.8 Å². The van der Waals surface area contributed by atoms with Crippen LogP contribution in [0, 0.1) is 0 Å². The number of nitrogens with zero attached hydrogens (tertiary/aromatic N) is 1. The Balaban J connectivity index is 2.49. The van der Waals surface area contributed by atoms with Gasteiger partial charge in [0.2, 0.25) is 10.0 Å². The monoisotopic (exact) mass is 290 g/mol. The average Bonchev–Trinajstić information content (AvgIpc) is 2.77. The van der Waals surface area contributed by atoms with E-state index in [0.717, 1.165) is 6.42 Å². The Morgan fingerprint density at radius 1 is 1.50 bits per heavy atom. The van der Waals surface area contributed by atoms with E-state index >= 15 is 0 Å². The van der Waals surface area contributed by atoms with Gasteiger partial charge in [-0.05, 0) is 25.0 Å². The summed E-state index contributed by atoms with van der Waals surface area (Å²) < 4.78 is 26.3. The summed E-state index contributed by atoms with van der Waals surface area (Å²) in [4.78, 5) is -0.0629. The summed E-state index contributed by atoms with van der Waals surface area (Å²) in [6, 6.07) is 4.22. The Labute approximate surface area is 111 Å². The van der Waals surface area contributed by atoms with Crippen molar-refractivity contribution in [3.05, 3.63) is 23.2 Å². The molecule has 1 aliphatic rings. The van der Waals surface area contributed by atoms with E-state index < -0.39 is 10.0 Å². The van der Waals surface area contributed by atoms with E-state index in [-0.39, 0.29) is 28.3 Å². The van der Waals surface area contributed by atoms with Crippen molar-refractivity contribution in [3.8, 4) is 0 Å². The summed E-state index contributed by atoms with van der Waals surface area (Å²) in [5.74, 6) is 0. The minimum Gasteiger partial charge on any atom is -0.398 e. The molecule has 1 fully saturated rings. The Morgan fingerprint density at radius 3 is 2.83 bits per heavy atom. The highest BCUT2D eigenvalue weighted by atomic mass is 35.5. The third-order valence-electron chi connectivity index (χ3n) is 3.10. The molecule has 1 atom stereocenters. The molecule has 0 aromatic heterocycles. The average molecular weight is 291 g/mol. The molecule has 1 aromatic rings. The summed E-state index contributed by atoms with van der Waals surface area (Å²) in [5.41, 5.74) is 5.84. The van der Waals surface area contributed by atoms with Crippen molar-refractivity contribution in [2.45, 2.75) is 23.8 Å². The van der Waals surface area contributed by atoms with Gasteiger partial charge in [0.05, 0.1) is 17.3 Å². The van der Waals surface area contributed by atoms with E-state index in [1.54, 1.807) is 6.07 Å². The van der Waals surface area contributed by atoms with E-state index in [0.29, 0.717) is 13.0 Å². The van der Waals surface area contributed by atoms with Gasteiger partial charge < -0.3 is 10.8 Å². The van der Waals surface area contributed by atoms with Crippen LogP contribution in [0.2, 0.25) is 5.02 Å². The zero-order chi connectivity index (χ0) is 13.3. The van der Waals surface area contributed by atoms with Crippen LogP contribution in [0.15, 0.2) is 23.1 Å². The number of anilines is 1. The van der Waals surface area contributed by atoms with E-state index in [4.69, 9.17) is 17.3 Å². The minimum atomic E-state index is -3.74. The van der Waals surface area contributed by atoms with Crippen LogP contribution in [0.4, 0.5) is 5.69 Å². The van der Waals surface area contributed by atoms with Gasteiger partial charge in [-0.15, -0.1) is 0 Å². The normalized spacial score (nSPS) is 21.3. The third-order valence-corrected chi connectivity index (χ3v) is 5.59. The molecular weight excluding hydrogens is 276 g/mol. The number of nitrogen functional groups attached to an aromatic ring is 1. The summed E-state index contributed by atoms with van der Waals surface area (Å²) in [5, 5.41) is 9.32. The number of benzene rings is 1. The first kappa shape index (κ1) is 13.6. The predicted molar refractivity (Wildman–Crippen MR) is 69.9 cm³/mol. The number of rotatable bonds is 3. The standard InChI is InChI=1S/C11H15ClN2O3S/c12-9-4-1-5-10(13)11(9)18(16,17)14-6-2-3-8(14)7-15/h1,4-5,8,15H,2-3,6-7,13H2. The fourth-order valence-electron chi connectivity index (χ4n) is 2.22. The van der Waals surface area contributed by atoms with E-state index in [2.05, 4.69) is 0 Å². The van der Waals surface area contributed by atoms with Crippen molar-refractivity contribution in [3.63, 3.8) is 0 Å². The lowest BCUT2D eigenvalue weighted by Crippen LogP contribution is -2.38. The predicted octanol–water partition coefficient (Wildman–Crippen LogP) is 1.07. The van der Waals surface area contributed by atoms with Crippen molar-refractivity contribution < 1.29 is 13.5 Å². The maximum absolute atomic E-state index is 12.5. The first-order chi connectivity index (χ1) is 8.48. The van der Waals surface area contributed by atoms with E-state index in [1.165, 1.54) is 16.4 Å². The number of aliphatic hydroxyl groups excluding tert-OH is 1. The fourth-order valence-corrected chi connectivity index (χ4v) is 4.55. The number of halogens is 1. The van der Waals surface area contributed by atoms with Crippen molar-refractivity contribution in [2.24, 2.45) is 0 Å². The second-order valence-electron chi connectivity index (χ2n) is 4.25. The van der Waals surface area contributed by atoms with Crippen LogP contribution >= 0.6 is 11.6 Å². The van der Waals surface area contributed by atoms with E-state index in [1.807, 2.05) is 0 Å². The number of hydrogen-bond acceptors (Lipinski definition) is 4. The van der Waals surface area contributed by atoms with Crippen LogP contribution in [-0.2, 0) is 10.0 Å². The highest BCUT2D eigenvalue weighted by molar-refractivity contribution is 7.89. The number of nitrogens with two attached hydrogens (primary N) is 1. The van der Waals surface area contributed by atoms with Crippen molar-refractivity contribution in [1.82, 2.24) is 4.31 Å². The zero-order valence-corrected chi connectivity index (χ0v) is 11.3. The zero-order valence-electron chi connectivity index (χ0n) is 9.71. The molecule has 1 saturated heterocycles. The Hall–Kier alpha value is -0.820. The van der Waals surface area contributed by atoms with Crippen molar-refractivity contribution >= 4 is 27.3 Å². The fraction of sp³-hybridized carbons (Fsp3) is 0.455. The lowest BCUT2D eigenvalue weighted by atomic mass is 10.2. The second-order valence-corrected chi connectivity index (χ2v) is 6.49. The van der Waals surface area contributed by atoms with E-state index in [9.17, 15) is 13.5 Å². The quantitative estimate of drug-likeness (QED) is 0.816. The number of sulfonamides is 1. The molecule has 18 heavy (non-hydrogen) atoms. The smallest absolute Gasteiger partial charge is 0.246 e. The Kier molecular flexibility index (Phi) is 3.82. The Bertz CT molecular complexity index is 527. The highest BCUT2D eigenvalue weighted by Crippen LogP contribution is 2.33. The molecule has 0 saturated carbocycles. The minimum absolute atomic E-state index is 0.0629. The molecule has 1 aliphatic heterocycles. The molecule has 1 heterocycles. The van der Waals surface area contributed by atoms with Gasteiger partial charge in [-0.25, -0.2) is 8.42 Å². The van der Waals surface area contributed by atoms with Gasteiger partial charge in [0.25, 0.3) is 0 Å². The molecule has 0 spiro atoms. The Morgan fingerprint density at radius 2 is 2.22 bits per heavy atom. The largest absolute Gasteiger partial charge is 0.398 e. The van der Waals surface area contributed by atoms with Crippen molar-refractivity contribution in [1.29, 1.82) is 0 Å². The van der Waals surface area contributed by atoms with Gasteiger partial charge in [0.1, 0.15) is 4.90 Å². The molecule has 5 nitrogen and oxygen atoms in total.